The molecule has 0 saturated heterocycles. The highest BCUT2D eigenvalue weighted by atomic mass is 32.1. The van der Waals surface area contributed by atoms with Gasteiger partial charge in [0.15, 0.2) is 16.3 Å². The van der Waals surface area contributed by atoms with Gasteiger partial charge in [-0.2, -0.15) is 0 Å². The number of hydrogen-bond donors (Lipinski definition) is 2. The third-order valence-electron chi connectivity index (χ3n) is 2.39. The van der Waals surface area contributed by atoms with Gasteiger partial charge < -0.3 is 4.98 Å². The van der Waals surface area contributed by atoms with Crippen LogP contribution < -0.4 is 10.7 Å². The van der Waals surface area contributed by atoms with Crippen molar-refractivity contribution in [3.05, 3.63) is 44.8 Å². The van der Waals surface area contributed by atoms with E-state index in [0.29, 0.717) is 5.69 Å². The minimum absolute atomic E-state index is 0.00479. The molecule has 2 N–H and O–H groups in total. The van der Waals surface area contributed by atoms with Crippen molar-refractivity contribution in [2.75, 3.05) is 5.32 Å². The number of nitrogens with zero attached hydrogens (tertiary/aromatic N) is 1. The van der Waals surface area contributed by atoms with E-state index < -0.39 is 5.91 Å². The van der Waals surface area contributed by atoms with Crippen LogP contribution in [0.3, 0.4) is 0 Å². The first-order chi connectivity index (χ1) is 8.97. The molecule has 0 radical (unpaired) electrons. The van der Waals surface area contributed by atoms with E-state index in [9.17, 15) is 14.4 Å². The number of carbonyl (C=O) groups excluding carboxylic acids is 2. The second-order valence-corrected chi connectivity index (χ2v) is 4.80. The molecule has 0 saturated carbocycles. The molecule has 7 heteroatoms. The number of Topliss-reactive ketones (excluding diaryl/α,β-unsaturated/α-hetero) is 1. The van der Waals surface area contributed by atoms with Crippen molar-refractivity contribution in [1.29, 1.82) is 0 Å². The fraction of sp³-hybridized carbons (Fsp3) is 0.167. The van der Waals surface area contributed by atoms with Crippen LogP contribution in [0, 0.1) is 6.92 Å². The van der Waals surface area contributed by atoms with Gasteiger partial charge >= 0.3 is 0 Å². The van der Waals surface area contributed by atoms with E-state index in [4.69, 9.17) is 0 Å². The predicted octanol–water partition coefficient (Wildman–Crippen LogP) is 1.59. The molecule has 2 rings (SSSR count). The van der Waals surface area contributed by atoms with E-state index in [-0.39, 0.29) is 27.6 Å². The zero-order valence-corrected chi connectivity index (χ0v) is 11.1. The number of nitrogens with one attached hydrogen (secondary N) is 2. The summed E-state index contributed by atoms with van der Waals surface area (Å²) in [5.74, 6) is -0.726. The van der Waals surface area contributed by atoms with Crippen molar-refractivity contribution in [3.8, 4) is 0 Å². The van der Waals surface area contributed by atoms with Gasteiger partial charge in [-0.1, -0.05) is 0 Å². The number of anilines is 1. The molecular weight excluding hydrogens is 266 g/mol. The lowest BCUT2D eigenvalue weighted by Crippen LogP contribution is -2.21. The molecule has 2 aromatic heterocycles. The molecule has 6 nitrogen and oxygen atoms in total. The van der Waals surface area contributed by atoms with Crippen LogP contribution in [0.5, 0.6) is 0 Å². The Balaban J connectivity index is 2.20. The Hall–Kier alpha value is -2.28. The van der Waals surface area contributed by atoms with E-state index >= 15 is 0 Å². The smallest absolute Gasteiger partial charge is 0.262 e. The summed E-state index contributed by atoms with van der Waals surface area (Å²) in [6, 6.07) is 1.35. The molecule has 1 amide bonds. The third kappa shape index (κ3) is 2.94. The van der Waals surface area contributed by atoms with Gasteiger partial charge in [0, 0.05) is 30.3 Å². The number of pyridine rings is 1. The van der Waals surface area contributed by atoms with Crippen LogP contribution in [-0.4, -0.2) is 21.7 Å². The van der Waals surface area contributed by atoms with E-state index in [1.165, 1.54) is 19.2 Å². The number of rotatable bonds is 3. The lowest BCUT2D eigenvalue weighted by molar-refractivity contribution is 0.100. The highest BCUT2D eigenvalue weighted by molar-refractivity contribution is 7.14. The lowest BCUT2D eigenvalue weighted by atomic mass is 10.2. The number of aromatic nitrogens is 2. The average Bonchev–Trinajstić information content (AvgIpc) is 2.77. The monoisotopic (exact) mass is 277 g/mol. The molecule has 2 aromatic rings. The maximum atomic E-state index is 11.9. The van der Waals surface area contributed by atoms with E-state index in [1.54, 1.807) is 12.3 Å². The summed E-state index contributed by atoms with van der Waals surface area (Å²) in [6.07, 6.45) is 1.35. The minimum atomic E-state index is -0.550. The van der Waals surface area contributed by atoms with E-state index in [0.717, 1.165) is 11.3 Å². The zero-order chi connectivity index (χ0) is 14.0. The quantitative estimate of drug-likeness (QED) is 0.833. The second-order valence-electron chi connectivity index (χ2n) is 3.94. The highest BCUT2D eigenvalue weighted by Crippen LogP contribution is 2.16. The fourth-order valence-corrected chi connectivity index (χ4v) is 2.15. The molecule has 2 heterocycles. The summed E-state index contributed by atoms with van der Waals surface area (Å²) in [4.78, 5) is 41.3. The Morgan fingerprint density at radius 3 is 2.74 bits per heavy atom. The predicted molar refractivity (Wildman–Crippen MR) is 71.9 cm³/mol. The van der Waals surface area contributed by atoms with E-state index in [1.807, 2.05) is 0 Å². The van der Waals surface area contributed by atoms with Crippen molar-refractivity contribution in [2.24, 2.45) is 0 Å². The number of aromatic amines is 1. The summed E-state index contributed by atoms with van der Waals surface area (Å²) < 4.78 is 0. The Bertz CT molecular complexity index is 702. The van der Waals surface area contributed by atoms with Crippen LogP contribution >= 0.6 is 11.3 Å². The molecule has 0 fully saturated rings. The van der Waals surface area contributed by atoms with Gasteiger partial charge in [-0.25, -0.2) is 4.98 Å². The Kier molecular flexibility index (Phi) is 3.57. The Labute approximate surface area is 112 Å². The van der Waals surface area contributed by atoms with Crippen molar-refractivity contribution >= 4 is 28.2 Å². The fourth-order valence-electron chi connectivity index (χ4n) is 1.41. The van der Waals surface area contributed by atoms with Crippen LogP contribution in [0.1, 0.15) is 33.5 Å². The molecule has 0 unspecified atom stereocenters. The molecule has 0 aliphatic heterocycles. The first-order valence-corrected chi connectivity index (χ1v) is 6.32. The van der Waals surface area contributed by atoms with Gasteiger partial charge in [0.1, 0.15) is 11.3 Å². The van der Waals surface area contributed by atoms with Crippen molar-refractivity contribution < 1.29 is 9.59 Å². The molecule has 0 bridgehead atoms. The first kappa shape index (κ1) is 13.2. The van der Waals surface area contributed by atoms with Gasteiger partial charge in [0.2, 0.25) is 0 Å². The summed E-state index contributed by atoms with van der Waals surface area (Å²) in [5, 5.41) is 4.33. The Morgan fingerprint density at radius 2 is 2.16 bits per heavy atom. The topological polar surface area (TPSA) is 91.9 Å². The third-order valence-corrected chi connectivity index (χ3v) is 3.14. The average molecular weight is 277 g/mol. The summed E-state index contributed by atoms with van der Waals surface area (Å²) >= 11 is 1.13. The number of H-pyrrole nitrogens is 1. The van der Waals surface area contributed by atoms with Crippen molar-refractivity contribution in [3.63, 3.8) is 0 Å². The number of aryl methyl sites for hydroxylation is 1. The van der Waals surface area contributed by atoms with Gasteiger partial charge in [0.05, 0.1) is 0 Å². The maximum Gasteiger partial charge on any atom is 0.262 e. The Morgan fingerprint density at radius 1 is 1.42 bits per heavy atom. The van der Waals surface area contributed by atoms with Crippen LogP contribution in [0.2, 0.25) is 0 Å². The standard InChI is InChI=1S/C12H11N3O3S/c1-6-3-10(17)8(4-13-6)11(18)15-12-14-9(5-19-12)7(2)16/h3-5H,1-2H3,(H,13,17)(H,14,15,18). The lowest BCUT2D eigenvalue weighted by Gasteiger charge is -2.01. The number of ketones is 1. The number of amides is 1. The molecule has 0 spiro atoms. The molecule has 0 aromatic carbocycles. The summed E-state index contributed by atoms with van der Waals surface area (Å²) in [6.45, 7) is 3.12. The van der Waals surface area contributed by atoms with E-state index in [2.05, 4.69) is 15.3 Å². The van der Waals surface area contributed by atoms with Crippen LogP contribution in [0.25, 0.3) is 0 Å². The summed E-state index contributed by atoms with van der Waals surface area (Å²) in [7, 11) is 0. The van der Waals surface area contributed by atoms with Gasteiger partial charge in [-0.3, -0.25) is 19.7 Å². The van der Waals surface area contributed by atoms with Gasteiger partial charge in [-0.05, 0) is 6.92 Å². The SMILES string of the molecule is CC(=O)c1csc(NC(=O)c2c[nH]c(C)cc2=O)n1. The van der Waals surface area contributed by atoms with Crippen LogP contribution in [0.15, 0.2) is 22.4 Å². The highest BCUT2D eigenvalue weighted by Gasteiger charge is 2.13. The molecule has 19 heavy (non-hydrogen) atoms. The maximum absolute atomic E-state index is 11.9. The second kappa shape index (κ2) is 5.15. The largest absolute Gasteiger partial charge is 0.364 e. The van der Waals surface area contributed by atoms with Gasteiger partial charge in [0.25, 0.3) is 5.91 Å². The van der Waals surface area contributed by atoms with Gasteiger partial charge in [-0.15, -0.1) is 11.3 Å². The first-order valence-electron chi connectivity index (χ1n) is 5.44. The zero-order valence-electron chi connectivity index (χ0n) is 10.3. The molecule has 0 aliphatic carbocycles. The normalized spacial score (nSPS) is 10.2. The van der Waals surface area contributed by atoms with Crippen molar-refractivity contribution in [2.45, 2.75) is 13.8 Å². The van der Waals surface area contributed by atoms with Crippen molar-refractivity contribution in [1.82, 2.24) is 9.97 Å². The summed E-state index contributed by atoms with van der Waals surface area (Å²) in [5.41, 5.74) is 0.607. The molecular formula is C12H11N3O3S. The molecule has 0 aliphatic rings. The minimum Gasteiger partial charge on any atom is -0.364 e. The number of hydrogen-bond acceptors (Lipinski definition) is 5. The number of thiazole rings is 1. The van der Waals surface area contributed by atoms with Crippen LogP contribution in [-0.2, 0) is 0 Å². The molecule has 0 atom stereocenters. The molecule has 98 valence electrons. The van der Waals surface area contributed by atoms with Crippen LogP contribution in [0.4, 0.5) is 5.13 Å². The number of carbonyl (C=O) groups is 2.